The van der Waals surface area contributed by atoms with Crippen LogP contribution < -0.4 is 10.6 Å². The predicted octanol–water partition coefficient (Wildman–Crippen LogP) is 7.02. The summed E-state index contributed by atoms with van der Waals surface area (Å²) in [5.74, 6) is 0. The second-order valence-electron chi connectivity index (χ2n) is 9.11. The molecule has 180 valence electrons. The zero-order valence-corrected chi connectivity index (χ0v) is 21.4. The van der Waals surface area contributed by atoms with Crippen molar-refractivity contribution in [2.75, 3.05) is 16.9 Å². The minimum absolute atomic E-state index is 0.175. The maximum absolute atomic E-state index is 12.6. The molecule has 0 unspecified atom stereocenters. The zero-order valence-electron chi connectivity index (χ0n) is 20.6. The fraction of sp³-hybridized carbons (Fsp3) is 0.200. The zero-order chi connectivity index (χ0) is 25.0. The van der Waals surface area contributed by atoms with Gasteiger partial charge in [0.05, 0.1) is 22.7 Å². The summed E-state index contributed by atoms with van der Waals surface area (Å²) in [6.45, 7) is 6.34. The third-order valence-corrected chi connectivity index (χ3v) is 7.38. The van der Waals surface area contributed by atoms with Gasteiger partial charge in [0.2, 0.25) is 0 Å². The quantitative estimate of drug-likeness (QED) is 0.282. The Morgan fingerprint density at radius 2 is 1.09 bits per heavy atom. The summed E-state index contributed by atoms with van der Waals surface area (Å²) < 4.78 is 25.1. The van der Waals surface area contributed by atoms with Gasteiger partial charge in [0, 0.05) is 11.9 Å². The second-order valence-corrected chi connectivity index (χ2v) is 11.1. The van der Waals surface area contributed by atoms with Crippen molar-refractivity contribution in [1.82, 2.24) is 0 Å². The lowest BCUT2D eigenvalue weighted by Gasteiger charge is -2.33. The molecule has 2 N–H and O–H groups in total. The molecule has 0 fully saturated rings. The highest BCUT2D eigenvalue weighted by molar-refractivity contribution is 7.90. The van der Waals surface area contributed by atoms with Crippen LogP contribution in [0, 0.1) is 20.8 Å². The molecule has 0 saturated carbocycles. The lowest BCUT2D eigenvalue weighted by Crippen LogP contribution is -2.27. The van der Waals surface area contributed by atoms with Gasteiger partial charge in [-0.2, -0.15) is 0 Å². The number of nitrogens with one attached hydrogen (secondary N) is 2. The van der Waals surface area contributed by atoms with E-state index in [4.69, 9.17) is 0 Å². The summed E-state index contributed by atoms with van der Waals surface area (Å²) in [5, 5.41) is 7.42. The number of aryl methyl sites for hydroxylation is 3. The molecular formula is C30H32N2O2S. The molecule has 0 aromatic heterocycles. The van der Waals surface area contributed by atoms with Gasteiger partial charge in [0.25, 0.3) is 0 Å². The first-order valence-electron chi connectivity index (χ1n) is 11.7. The highest BCUT2D eigenvalue weighted by atomic mass is 32.2. The van der Waals surface area contributed by atoms with Crippen LogP contribution in [0.4, 0.5) is 11.4 Å². The molecule has 0 bridgehead atoms. The number of rotatable bonds is 8. The van der Waals surface area contributed by atoms with Crippen molar-refractivity contribution >= 4 is 21.2 Å². The maximum Gasteiger partial charge on any atom is 0.177 e. The van der Waals surface area contributed by atoms with E-state index < -0.39 is 9.84 Å². The molecule has 5 heteroatoms. The Labute approximate surface area is 209 Å². The molecule has 0 aliphatic rings. The molecule has 0 aliphatic heterocycles. The number of sulfone groups is 1. The molecule has 2 atom stereocenters. The van der Waals surface area contributed by atoms with Gasteiger partial charge in [-0.15, -0.1) is 0 Å². The van der Waals surface area contributed by atoms with Crippen molar-refractivity contribution in [2.45, 2.75) is 37.8 Å². The second kappa shape index (κ2) is 10.4. The summed E-state index contributed by atoms with van der Waals surface area (Å²) in [5.41, 5.74) is 7.40. The number of hydrogen-bond donors (Lipinski definition) is 2. The molecular weight excluding hydrogens is 452 g/mol. The average Bonchev–Trinajstić information content (AvgIpc) is 2.83. The van der Waals surface area contributed by atoms with Crippen molar-refractivity contribution in [2.24, 2.45) is 0 Å². The van der Waals surface area contributed by atoms with E-state index >= 15 is 0 Å². The van der Waals surface area contributed by atoms with E-state index in [0.29, 0.717) is 5.69 Å². The molecule has 4 aromatic carbocycles. The Morgan fingerprint density at radius 3 is 1.60 bits per heavy atom. The van der Waals surface area contributed by atoms with E-state index in [1.807, 2.05) is 48.5 Å². The van der Waals surface area contributed by atoms with Gasteiger partial charge in [-0.1, -0.05) is 90.5 Å². The molecule has 0 spiro atoms. The predicted molar refractivity (Wildman–Crippen MR) is 146 cm³/mol. The van der Waals surface area contributed by atoms with Crippen molar-refractivity contribution in [3.8, 4) is 0 Å². The lowest BCUT2D eigenvalue weighted by atomic mass is 9.91. The molecule has 4 rings (SSSR count). The number of benzene rings is 4. The molecule has 4 nitrogen and oxygen atoms in total. The largest absolute Gasteiger partial charge is 0.375 e. The number of anilines is 2. The highest BCUT2D eigenvalue weighted by Crippen LogP contribution is 2.38. The highest BCUT2D eigenvalue weighted by Gasteiger charge is 2.27. The Kier molecular flexibility index (Phi) is 7.27. The Bertz CT molecular complexity index is 1380. The van der Waals surface area contributed by atoms with E-state index in [1.54, 1.807) is 12.1 Å². The first kappa shape index (κ1) is 24.6. The van der Waals surface area contributed by atoms with Crippen LogP contribution in [0.25, 0.3) is 0 Å². The number of hydrogen-bond acceptors (Lipinski definition) is 4. The Hall–Kier alpha value is -3.57. The molecule has 0 radical (unpaired) electrons. The standard InChI is InChI=1S/C30H32N2O2S/c1-21-19-22(2)28(23(3)20-21)32-30(25-15-9-6-10-16-25)29(24-13-7-5-8-14-24)31-26-17-11-12-18-27(26)35(4,33)34/h5-20,29-32H,1-4H3/t29-,30-/m0/s1. The Balaban J connectivity index is 1.87. The maximum atomic E-state index is 12.6. The summed E-state index contributed by atoms with van der Waals surface area (Å²) >= 11 is 0. The van der Waals surface area contributed by atoms with Gasteiger partial charge in [-0.3, -0.25) is 0 Å². The van der Waals surface area contributed by atoms with Crippen molar-refractivity contribution < 1.29 is 8.42 Å². The average molecular weight is 485 g/mol. The summed E-state index contributed by atoms with van der Waals surface area (Å²) in [7, 11) is -3.41. The first-order chi connectivity index (χ1) is 16.7. The summed E-state index contributed by atoms with van der Waals surface area (Å²) in [4.78, 5) is 0.287. The molecule has 4 aromatic rings. The number of para-hydroxylation sites is 1. The van der Waals surface area contributed by atoms with Crippen LogP contribution >= 0.6 is 0 Å². The van der Waals surface area contributed by atoms with Crippen LogP contribution in [0.1, 0.15) is 39.9 Å². The van der Waals surface area contributed by atoms with Crippen LogP contribution in [0.15, 0.2) is 102 Å². The van der Waals surface area contributed by atoms with E-state index in [9.17, 15) is 8.42 Å². The van der Waals surface area contributed by atoms with E-state index in [2.05, 4.69) is 67.8 Å². The van der Waals surface area contributed by atoms with Gasteiger partial charge in [-0.25, -0.2) is 8.42 Å². The van der Waals surface area contributed by atoms with Crippen LogP contribution in [0.5, 0.6) is 0 Å². The fourth-order valence-corrected chi connectivity index (χ4v) is 5.53. The summed E-state index contributed by atoms with van der Waals surface area (Å²) in [6, 6.07) is 31.5. The fourth-order valence-electron chi connectivity index (χ4n) is 4.68. The Morgan fingerprint density at radius 1 is 0.629 bits per heavy atom. The van der Waals surface area contributed by atoms with Gasteiger partial charge in [0.1, 0.15) is 0 Å². The van der Waals surface area contributed by atoms with Crippen LogP contribution in [-0.4, -0.2) is 14.7 Å². The van der Waals surface area contributed by atoms with Crippen molar-refractivity contribution in [1.29, 1.82) is 0 Å². The third-order valence-electron chi connectivity index (χ3n) is 6.23. The normalized spacial score (nSPS) is 13.1. The molecule has 0 aliphatic carbocycles. The molecule has 35 heavy (non-hydrogen) atoms. The monoisotopic (exact) mass is 484 g/mol. The lowest BCUT2D eigenvalue weighted by molar-refractivity contribution is 0.601. The van der Waals surface area contributed by atoms with Crippen LogP contribution in [0.2, 0.25) is 0 Å². The first-order valence-corrected chi connectivity index (χ1v) is 13.6. The van der Waals surface area contributed by atoms with Gasteiger partial charge >= 0.3 is 0 Å². The SMILES string of the molecule is Cc1cc(C)c(N[C@@H](c2ccccc2)[C@@H](Nc2ccccc2S(C)(=O)=O)c2ccccc2)c(C)c1. The van der Waals surface area contributed by atoms with E-state index in [0.717, 1.165) is 16.8 Å². The molecule has 0 heterocycles. The van der Waals surface area contributed by atoms with Crippen molar-refractivity contribution in [3.63, 3.8) is 0 Å². The molecule has 0 amide bonds. The van der Waals surface area contributed by atoms with Crippen molar-refractivity contribution in [3.05, 3.63) is 125 Å². The van der Waals surface area contributed by atoms with Gasteiger partial charge < -0.3 is 10.6 Å². The van der Waals surface area contributed by atoms with E-state index in [1.165, 1.54) is 22.9 Å². The third kappa shape index (κ3) is 5.75. The smallest absolute Gasteiger partial charge is 0.177 e. The van der Waals surface area contributed by atoms with Gasteiger partial charge in [-0.05, 0) is 55.2 Å². The minimum atomic E-state index is -3.41. The van der Waals surface area contributed by atoms with Crippen LogP contribution in [0.3, 0.4) is 0 Å². The topological polar surface area (TPSA) is 58.2 Å². The van der Waals surface area contributed by atoms with Gasteiger partial charge in [0.15, 0.2) is 9.84 Å². The summed E-state index contributed by atoms with van der Waals surface area (Å²) in [6.07, 6.45) is 1.25. The molecule has 0 saturated heterocycles. The van der Waals surface area contributed by atoms with E-state index in [-0.39, 0.29) is 17.0 Å². The van der Waals surface area contributed by atoms with Crippen LogP contribution in [-0.2, 0) is 9.84 Å². The minimum Gasteiger partial charge on any atom is -0.375 e.